The smallest absolute Gasteiger partial charge is 0.197 e. The van der Waals surface area contributed by atoms with E-state index in [4.69, 9.17) is 0 Å². The maximum Gasteiger partial charge on any atom is 0.197 e. The summed E-state index contributed by atoms with van der Waals surface area (Å²) in [6, 6.07) is 15.8. The van der Waals surface area contributed by atoms with Crippen molar-refractivity contribution in [3.8, 4) is 11.4 Å². The largest absolute Gasteiger partial charge is 0.508 e. The van der Waals surface area contributed by atoms with Gasteiger partial charge in [-0.05, 0) is 55.8 Å². The number of allylic oxidation sites excluding steroid dienone is 1. The van der Waals surface area contributed by atoms with Gasteiger partial charge in [-0.3, -0.25) is 9.59 Å². The molecule has 1 aromatic heterocycles. The summed E-state index contributed by atoms with van der Waals surface area (Å²) < 4.78 is 2.03. The van der Waals surface area contributed by atoms with Crippen LogP contribution in [0.25, 0.3) is 11.8 Å². The number of rotatable bonds is 2. The molecular weight excluding hydrogens is 326 g/mol. The minimum Gasteiger partial charge on any atom is -0.508 e. The van der Waals surface area contributed by atoms with Crippen LogP contribution in [0, 0.1) is 13.8 Å². The van der Waals surface area contributed by atoms with Gasteiger partial charge >= 0.3 is 0 Å². The Bertz CT molecular complexity index is 1050. The normalized spacial score (nSPS) is 13.2. The van der Waals surface area contributed by atoms with Crippen LogP contribution < -0.4 is 0 Å². The van der Waals surface area contributed by atoms with Gasteiger partial charge in [0.2, 0.25) is 0 Å². The maximum absolute atomic E-state index is 12.6. The van der Waals surface area contributed by atoms with E-state index in [0.717, 1.165) is 22.6 Å². The quantitative estimate of drug-likeness (QED) is 0.559. The van der Waals surface area contributed by atoms with E-state index in [1.807, 2.05) is 36.6 Å². The third-order valence-electron chi connectivity index (χ3n) is 4.78. The van der Waals surface area contributed by atoms with E-state index in [2.05, 4.69) is 0 Å². The van der Waals surface area contributed by atoms with Crippen LogP contribution in [0.15, 0.2) is 60.2 Å². The Morgan fingerprint density at radius 1 is 0.885 bits per heavy atom. The zero-order valence-corrected chi connectivity index (χ0v) is 14.5. The molecule has 1 heterocycles. The molecule has 1 aliphatic carbocycles. The molecule has 2 aromatic carbocycles. The molecule has 26 heavy (non-hydrogen) atoms. The predicted molar refractivity (Wildman–Crippen MR) is 100.0 cm³/mol. The van der Waals surface area contributed by atoms with Crippen LogP contribution in [0.4, 0.5) is 0 Å². The number of carbonyl (C=O) groups is 2. The molecule has 0 radical (unpaired) electrons. The third-order valence-corrected chi connectivity index (χ3v) is 4.78. The van der Waals surface area contributed by atoms with Crippen LogP contribution in [-0.2, 0) is 0 Å². The summed E-state index contributed by atoms with van der Waals surface area (Å²) >= 11 is 0. The number of aryl methyl sites for hydroxylation is 1. The Balaban J connectivity index is 1.80. The van der Waals surface area contributed by atoms with Gasteiger partial charge in [-0.15, -0.1) is 0 Å². The lowest BCUT2D eigenvalue weighted by Crippen LogP contribution is -2.01. The lowest BCUT2D eigenvalue weighted by atomic mass is 10.1. The molecular formula is C22H17NO3. The highest BCUT2D eigenvalue weighted by Crippen LogP contribution is 2.30. The molecule has 4 rings (SSSR count). The number of carbonyl (C=O) groups excluding carboxylic acids is 2. The van der Waals surface area contributed by atoms with Gasteiger partial charge in [0.15, 0.2) is 11.6 Å². The van der Waals surface area contributed by atoms with Crippen LogP contribution in [0.5, 0.6) is 5.75 Å². The van der Waals surface area contributed by atoms with Crippen LogP contribution in [0.3, 0.4) is 0 Å². The first-order valence-corrected chi connectivity index (χ1v) is 8.36. The minimum absolute atomic E-state index is 0.206. The van der Waals surface area contributed by atoms with Crippen molar-refractivity contribution in [3.63, 3.8) is 0 Å². The topological polar surface area (TPSA) is 59.3 Å². The second kappa shape index (κ2) is 5.85. The van der Waals surface area contributed by atoms with Crippen molar-refractivity contribution in [3.05, 3.63) is 88.2 Å². The second-order valence-corrected chi connectivity index (χ2v) is 6.44. The monoisotopic (exact) mass is 343 g/mol. The zero-order chi connectivity index (χ0) is 18.4. The molecule has 0 saturated carbocycles. The minimum atomic E-state index is -0.222. The molecule has 0 saturated heterocycles. The molecule has 0 unspecified atom stereocenters. The summed E-state index contributed by atoms with van der Waals surface area (Å²) in [5, 5.41) is 9.49. The first kappa shape index (κ1) is 16.1. The Morgan fingerprint density at radius 3 is 2.04 bits per heavy atom. The Kier molecular flexibility index (Phi) is 3.62. The van der Waals surface area contributed by atoms with Crippen molar-refractivity contribution in [1.29, 1.82) is 0 Å². The number of phenols is 1. The molecule has 0 amide bonds. The van der Waals surface area contributed by atoms with E-state index in [1.54, 1.807) is 42.5 Å². The average molecular weight is 343 g/mol. The fourth-order valence-corrected chi connectivity index (χ4v) is 3.49. The first-order valence-electron chi connectivity index (χ1n) is 8.36. The van der Waals surface area contributed by atoms with Gasteiger partial charge in [0.05, 0.1) is 5.57 Å². The van der Waals surface area contributed by atoms with E-state index in [9.17, 15) is 14.7 Å². The molecule has 1 aliphatic rings. The van der Waals surface area contributed by atoms with E-state index < -0.39 is 0 Å². The van der Waals surface area contributed by atoms with Crippen molar-refractivity contribution in [1.82, 2.24) is 4.57 Å². The van der Waals surface area contributed by atoms with E-state index in [0.29, 0.717) is 11.1 Å². The Morgan fingerprint density at radius 2 is 1.46 bits per heavy atom. The van der Waals surface area contributed by atoms with Crippen LogP contribution in [-0.4, -0.2) is 21.2 Å². The van der Waals surface area contributed by atoms with Gasteiger partial charge in [-0.25, -0.2) is 0 Å². The van der Waals surface area contributed by atoms with Crippen molar-refractivity contribution < 1.29 is 14.7 Å². The van der Waals surface area contributed by atoms with Crippen molar-refractivity contribution >= 4 is 17.6 Å². The summed E-state index contributed by atoms with van der Waals surface area (Å²) in [6.07, 6.45) is 1.68. The molecule has 4 heteroatoms. The lowest BCUT2D eigenvalue weighted by molar-refractivity contribution is 0.0990. The fraction of sp³-hybridized carbons (Fsp3) is 0.0909. The fourth-order valence-electron chi connectivity index (χ4n) is 3.49. The standard InChI is InChI=1S/C22H17NO3/c1-13-11-15(14(2)23(13)16-7-9-17(24)10-8-16)12-20-21(25)18-5-3-4-6-19(18)22(20)26/h3-12,24H,1-2H3. The number of benzene rings is 2. The summed E-state index contributed by atoms with van der Waals surface area (Å²) in [7, 11) is 0. The van der Waals surface area contributed by atoms with Gasteiger partial charge in [0, 0.05) is 28.2 Å². The first-order chi connectivity index (χ1) is 12.5. The van der Waals surface area contributed by atoms with Crippen molar-refractivity contribution in [2.45, 2.75) is 13.8 Å². The van der Waals surface area contributed by atoms with Gasteiger partial charge < -0.3 is 9.67 Å². The number of Topliss-reactive ketones (excluding diaryl/α,β-unsaturated/α-hetero) is 2. The Hall–Kier alpha value is -3.40. The van der Waals surface area contributed by atoms with Gasteiger partial charge in [0.1, 0.15) is 5.75 Å². The van der Waals surface area contributed by atoms with E-state index in [1.165, 1.54) is 0 Å². The molecule has 1 N–H and O–H groups in total. The molecule has 0 aliphatic heterocycles. The number of fused-ring (bicyclic) bond motifs is 1. The number of ketones is 2. The maximum atomic E-state index is 12.6. The number of hydrogen-bond acceptors (Lipinski definition) is 3. The van der Waals surface area contributed by atoms with Crippen molar-refractivity contribution in [2.75, 3.05) is 0 Å². The number of hydrogen-bond donors (Lipinski definition) is 1. The summed E-state index contributed by atoms with van der Waals surface area (Å²) in [6.45, 7) is 3.91. The highest BCUT2D eigenvalue weighted by molar-refractivity contribution is 6.41. The molecule has 0 atom stereocenters. The third kappa shape index (κ3) is 2.39. The van der Waals surface area contributed by atoms with Gasteiger partial charge in [-0.1, -0.05) is 24.3 Å². The molecule has 3 aromatic rings. The van der Waals surface area contributed by atoms with E-state index >= 15 is 0 Å². The van der Waals surface area contributed by atoms with Crippen LogP contribution >= 0.6 is 0 Å². The summed E-state index contributed by atoms with van der Waals surface area (Å²) in [5.74, 6) is -0.237. The van der Waals surface area contributed by atoms with Gasteiger partial charge in [0.25, 0.3) is 0 Å². The zero-order valence-electron chi connectivity index (χ0n) is 14.5. The number of aromatic hydroxyl groups is 1. The van der Waals surface area contributed by atoms with Crippen molar-refractivity contribution in [2.24, 2.45) is 0 Å². The number of phenolic OH excluding ortho intramolecular Hbond substituents is 1. The van der Waals surface area contributed by atoms with Crippen LogP contribution in [0.2, 0.25) is 0 Å². The second-order valence-electron chi connectivity index (χ2n) is 6.44. The van der Waals surface area contributed by atoms with Gasteiger partial charge in [-0.2, -0.15) is 0 Å². The highest BCUT2D eigenvalue weighted by Gasteiger charge is 2.32. The average Bonchev–Trinajstić information content (AvgIpc) is 3.05. The summed E-state index contributed by atoms with van der Waals surface area (Å²) in [5.41, 5.74) is 4.80. The Labute approximate surface area is 151 Å². The highest BCUT2D eigenvalue weighted by atomic mass is 16.3. The SMILES string of the molecule is Cc1cc(C=C2C(=O)c3ccccc3C2=O)c(C)n1-c1ccc(O)cc1. The molecule has 0 fully saturated rings. The summed E-state index contributed by atoms with van der Waals surface area (Å²) in [4.78, 5) is 25.2. The molecule has 0 bridgehead atoms. The number of aromatic nitrogens is 1. The lowest BCUT2D eigenvalue weighted by Gasteiger charge is -2.09. The molecule has 128 valence electrons. The number of nitrogens with zero attached hydrogens (tertiary/aromatic N) is 1. The van der Waals surface area contributed by atoms with E-state index in [-0.39, 0.29) is 22.9 Å². The van der Waals surface area contributed by atoms with Crippen LogP contribution in [0.1, 0.15) is 37.7 Å². The molecule has 0 spiro atoms. The predicted octanol–water partition coefficient (Wildman–Crippen LogP) is 4.26. The molecule has 4 nitrogen and oxygen atoms in total.